The Morgan fingerprint density at radius 1 is 1.23 bits per heavy atom. The molecule has 22 heavy (non-hydrogen) atoms. The summed E-state index contributed by atoms with van der Waals surface area (Å²) in [5, 5.41) is 13.6. The van der Waals surface area contributed by atoms with Crippen LogP contribution in [0.2, 0.25) is 0 Å². The van der Waals surface area contributed by atoms with Gasteiger partial charge in [0.25, 0.3) is 0 Å². The first kappa shape index (κ1) is 21.2. The zero-order chi connectivity index (χ0) is 17.0. The lowest BCUT2D eigenvalue weighted by Gasteiger charge is -2.11. The summed E-state index contributed by atoms with van der Waals surface area (Å²) in [5.74, 6) is -0.517. The summed E-state index contributed by atoms with van der Waals surface area (Å²) in [6.07, 6.45) is -3.87. The van der Waals surface area contributed by atoms with E-state index >= 15 is 0 Å². The molecule has 0 aliphatic carbocycles. The quantitative estimate of drug-likeness (QED) is 0.350. The fourth-order valence-corrected chi connectivity index (χ4v) is 1.63. The first-order valence-electron chi connectivity index (χ1n) is 6.80. The molecular formula is C14H22F4N2OS. The highest BCUT2D eigenvalue weighted by Gasteiger charge is 2.34. The van der Waals surface area contributed by atoms with Gasteiger partial charge in [-0.25, -0.2) is 4.39 Å². The van der Waals surface area contributed by atoms with E-state index in [1.165, 1.54) is 12.1 Å². The van der Waals surface area contributed by atoms with Crippen LogP contribution in [0.3, 0.4) is 0 Å². The van der Waals surface area contributed by atoms with Crippen molar-refractivity contribution in [2.45, 2.75) is 19.1 Å². The molecule has 1 aromatic rings. The average Bonchev–Trinajstić information content (AvgIpc) is 2.45. The Labute approximate surface area is 133 Å². The van der Waals surface area contributed by atoms with Crippen molar-refractivity contribution < 1.29 is 22.7 Å². The topological polar surface area (TPSA) is 44.3 Å². The Kier molecular flexibility index (Phi) is 11.3. The van der Waals surface area contributed by atoms with Crippen LogP contribution in [0.1, 0.15) is 17.5 Å². The van der Waals surface area contributed by atoms with E-state index in [9.17, 15) is 17.6 Å². The van der Waals surface area contributed by atoms with Crippen LogP contribution in [0.5, 0.6) is 0 Å². The summed E-state index contributed by atoms with van der Waals surface area (Å²) in [6, 6.07) is 3.30. The molecular weight excluding hydrogens is 320 g/mol. The van der Waals surface area contributed by atoms with Gasteiger partial charge in [-0.1, -0.05) is 12.1 Å². The minimum Gasteiger partial charge on any atom is -0.395 e. The SMILES string of the molecule is CNCCO.Fc1c(CNCCCS)cccc1C(F)(F)F. The number of benzene rings is 1. The van der Waals surface area contributed by atoms with Crippen molar-refractivity contribution in [3.63, 3.8) is 0 Å². The smallest absolute Gasteiger partial charge is 0.395 e. The van der Waals surface area contributed by atoms with Crippen LogP contribution < -0.4 is 10.6 Å². The Morgan fingerprint density at radius 2 is 1.91 bits per heavy atom. The third-order valence-electron chi connectivity index (χ3n) is 2.57. The fraction of sp³-hybridized carbons (Fsp3) is 0.571. The van der Waals surface area contributed by atoms with E-state index in [4.69, 9.17) is 5.11 Å². The number of alkyl halides is 3. The highest BCUT2D eigenvalue weighted by Crippen LogP contribution is 2.32. The molecule has 0 atom stereocenters. The van der Waals surface area contributed by atoms with Gasteiger partial charge in [0.2, 0.25) is 0 Å². The standard InChI is InChI=1S/C11H13F4NS.C3H9NO/c12-10-8(7-16-5-2-6-17)3-1-4-9(10)11(13,14)15;1-4-2-3-5/h1,3-4,16-17H,2,5-7H2;4-5H,2-3H2,1H3. The van der Waals surface area contributed by atoms with Crippen molar-refractivity contribution in [1.82, 2.24) is 10.6 Å². The first-order valence-corrected chi connectivity index (χ1v) is 7.43. The molecule has 0 bridgehead atoms. The van der Waals surface area contributed by atoms with Gasteiger partial charge >= 0.3 is 6.18 Å². The van der Waals surface area contributed by atoms with Crippen LogP contribution >= 0.6 is 12.6 Å². The van der Waals surface area contributed by atoms with Crippen molar-refractivity contribution >= 4 is 12.6 Å². The molecule has 0 saturated heterocycles. The summed E-state index contributed by atoms with van der Waals surface area (Å²) in [4.78, 5) is 0. The first-order chi connectivity index (χ1) is 10.4. The molecule has 1 aromatic carbocycles. The lowest BCUT2D eigenvalue weighted by molar-refractivity contribution is -0.140. The molecule has 0 radical (unpaired) electrons. The lowest BCUT2D eigenvalue weighted by Crippen LogP contribution is -2.18. The number of aliphatic hydroxyl groups is 1. The second kappa shape index (κ2) is 11.7. The number of hydrogen-bond donors (Lipinski definition) is 4. The summed E-state index contributed by atoms with van der Waals surface area (Å²) in [6.45, 7) is 1.61. The van der Waals surface area contributed by atoms with Gasteiger partial charge in [-0.05, 0) is 31.8 Å². The molecule has 0 aliphatic heterocycles. The molecule has 0 heterocycles. The molecule has 0 aliphatic rings. The number of likely N-dealkylation sites (N-methyl/N-ethyl adjacent to an activating group) is 1. The van der Waals surface area contributed by atoms with Gasteiger partial charge in [-0.3, -0.25) is 0 Å². The Hall–Kier alpha value is -0.830. The molecule has 0 fully saturated rings. The van der Waals surface area contributed by atoms with Crippen molar-refractivity contribution in [1.29, 1.82) is 0 Å². The van der Waals surface area contributed by atoms with E-state index < -0.39 is 17.6 Å². The van der Waals surface area contributed by atoms with E-state index in [0.29, 0.717) is 18.8 Å². The molecule has 0 spiro atoms. The fourth-order valence-electron chi connectivity index (χ4n) is 1.47. The minimum atomic E-state index is -4.65. The Bertz CT molecular complexity index is 414. The second-order valence-electron chi connectivity index (χ2n) is 4.36. The van der Waals surface area contributed by atoms with Crippen molar-refractivity contribution in [3.05, 3.63) is 35.1 Å². The molecule has 1 rings (SSSR count). The predicted molar refractivity (Wildman–Crippen MR) is 82.6 cm³/mol. The monoisotopic (exact) mass is 342 g/mol. The molecule has 3 nitrogen and oxygen atoms in total. The van der Waals surface area contributed by atoms with Crippen molar-refractivity contribution in [2.75, 3.05) is 32.5 Å². The number of aliphatic hydroxyl groups excluding tert-OH is 1. The summed E-state index contributed by atoms with van der Waals surface area (Å²) in [7, 11) is 1.80. The van der Waals surface area contributed by atoms with Gasteiger partial charge in [0, 0.05) is 18.7 Å². The molecule has 0 aromatic heterocycles. The number of hydrogen-bond acceptors (Lipinski definition) is 4. The third kappa shape index (κ3) is 8.57. The van der Waals surface area contributed by atoms with E-state index in [2.05, 4.69) is 23.3 Å². The van der Waals surface area contributed by atoms with Gasteiger partial charge in [-0.2, -0.15) is 25.8 Å². The molecule has 0 amide bonds. The molecule has 128 valence electrons. The highest BCUT2D eigenvalue weighted by molar-refractivity contribution is 7.80. The number of halogens is 4. The zero-order valence-corrected chi connectivity index (χ0v) is 13.3. The number of thiol groups is 1. The number of nitrogens with one attached hydrogen (secondary N) is 2. The summed E-state index contributed by atoms with van der Waals surface area (Å²) in [5.41, 5.74) is -1.19. The molecule has 0 saturated carbocycles. The van der Waals surface area contributed by atoms with Gasteiger partial charge in [0.05, 0.1) is 12.2 Å². The minimum absolute atomic E-state index is 0.0268. The zero-order valence-electron chi connectivity index (χ0n) is 12.4. The van der Waals surface area contributed by atoms with E-state index in [1.807, 2.05) is 0 Å². The van der Waals surface area contributed by atoms with Gasteiger partial charge in [0.15, 0.2) is 0 Å². The molecule has 8 heteroatoms. The predicted octanol–water partition coefficient (Wildman–Crippen LogP) is 2.45. The van der Waals surface area contributed by atoms with Crippen molar-refractivity contribution in [2.24, 2.45) is 0 Å². The normalized spacial score (nSPS) is 11.0. The maximum Gasteiger partial charge on any atom is 0.419 e. The third-order valence-corrected chi connectivity index (χ3v) is 2.89. The Morgan fingerprint density at radius 3 is 2.36 bits per heavy atom. The average molecular weight is 342 g/mol. The van der Waals surface area contributed by atoms with E-state index in [0.717, 1.165) is 12.5 Å². The van der Waals surface area contributed by atoms with Crippen molar-refractivity contribution in [3.8, 4) is 0 Å². The van der Waals surface area contributed by atoms with Gasteiger partial charge in [0.1, 0.15) is 5.82 Å². The van der Waals surface area contributed by atoms with Crippen LogP contribution in [0, 0.1) is 5.82 Å². The highest BCUT2D eigenvalue weighted by atomic mass is 32.1. The van der Waals surface area contributed by atoms with Crippen LogP contribution in [0.25, 0.3) is 0 Å². The van der Waals surface area contributed by atoms with Crippen LogP contribution in [0.15, 0.2) is 18.2 Å². The molecule has 0 unspecified atom stereocenters. The molecule has 3 N–H and O–H groups in total. The van der Waals surface area contributed by atoms with Crippen LogP contribution in [0.4, 0.5) is 17.6 Å². The van der Waals surface area contributed by atoms with Gasteiger partial charge < -0.3 is 15.7 Å². The summed E-state index contributed by atoms with van der Waals surface area (Å²) < 4.78 is 50.7. The maximum absolute atomic E-state index is 13.5. The number of rotatable bonds is 7. The van der Waals surface area contributed by atoms with E-state index in [1.54, 1.807) is 7.05 Å². The lowest BCUT2D eigenvalue weighted by atomic mass is 10.1. The van der Waals surface area contributed by atoms with E-state index in [-0.39, 0.29) is 18.7 Å². The maximum atomic E-state index is 13.5. The van der Waals surface area contributed by atoms with Crippen LogP contribution in [-0.2, 0) is 12.7 Å². The van der Waals surface area contributed by atoms with Crippen LogP contribution in [-0.4, -0.2) is 37.6 Å². The largest absolute Gasteiger partial charge is 0.419 e. The Balaban J connectivity index is 0.000000763. The summed E-state index contributed by atoms with van der Waals surface area (Å²) >= 11 is 3.99. The second-order valence-corrected chi connectivity index (χ2v) is 4.80. The van der Waals surface area contributed by atoms with Gasteiger partial charge in [-0.15, -0.1) is 0 Å².